The van der Waals surface area contributed by atoms with Gasteiger partial charge in [-0.1, -0.05) is 11.2 Å². The Morgan fingerprint density at radius 2 is 2.32 bits per heavy atom. The first kappa shape index (κ1) is 13.1. The van der Waals surface area contributed by atoms with Crippen molar-refractivity contribution in [1.29, 1.82) is 0 Å². The molecule has 19 heavy (non-hydrogen) atoms. The van der Waals surface area contributed by atoms with E-state index in [2.05, 4.69) is 35.9 Å². The van der Waals surface area contributed by atoms with Gasteiger partial charge in [-0.3, -0.25) is 14.9 Å². The number of benzene rings is 1. The average Bonchev–Trinajstić information content (AvgIpc) is 2.89. The van der Waals surface area contributed by atoms with E-state index in [0.717, 1.165) is 6.39 Å². The molecule has 98 valence electrons. The Morgan fingerprint density at radius 3 is 2.95 bits per heavy atom. The molecule has 1 aromatic heterocycles. The number of halogens is 1. The average molecular weight is 327 g/mol. The van der Waals surface area contributed by atoms with E-state index in [-0.39, 0.29) is 22.3 Å². The summed E-state index contributed by atoms with van der Waals surface area (Å²) >= 11 is 3.05. The van der Waals surface area contributed by atoms with Crippen LogP contribution >= 0.6 is 15.9 Å². The quantitative estimate of drug-likeness (QED) is 0.675. The van der Waals surface area contributed by atoms with Crippen LogP contribution < -0.4 is 5.32 Å². The molecule has 0 aliphatic carbocycles. The topological polar surface area (TPSA) is 111 Å². The molecule has 1 N–H and O–H groups in total. The number of rotatable bonds is 4. The van der Waals surface area contributed by atoms with Gasteiger partial charge in [-0.25, -0.2) is 0 Å². The second-order valence-corrected chi connectivity index (χ2v) is 4.22. The smallest absolute Gasteiger partial charge is 0.284 e. The fourth-order valence-corrected chi connectivity index (χ4v) is 1.95. The summed E-state index contributed by atoms with van der Waals surface area (Å²) in [4.78, 5) is 25.8. The molecule has 0 radical (unpaired) electrons. The minimum atomic E-state index is -0.569. The van der Waals surface area contributed by atoms with Gasteiger partial charge < -0.3 is 9.84 Å². The number of nitrogens with one attached hydrogen (secondary N) is 1. The summed E-state index contributed by atoms with van der Waals surface area (Å²) in [5, 5.41) is 16.8. The van der Waals surface area contributed by atoms with Crippen molar-refractivity contribution in [3.63, 3.8) is 0 Å². The third-order valence-electron chi connectivity index (χ3n) is 2.23. The van der Waals surface area contributed by atoms with Crippen molar-refractivity contribution in [2.45, 2.75) is 6.54 Å². The van der Waals surface area contributed by atoms with Crippen LogP contribution in [0.15, 0.2) is 33.6 Å². The summed E-state index contributed by atoms with van der Waals surface area (Å²) in [5.74, 6) is -0.157. The summed E-state index contributed by atoms with van der Waals surface area (Å²) in [7, 11) is 0. The molecule has 0 aliphatic rings. The first-order valence-electron chi connectivity index (χ1n) is 5.06. The zero-order chi connectivity index (χ0) is 13.8. The second kappa shape index (κ2) is 5.57. The first-order valence-corrected chi connectivity index (χ1v) is 5.85. The molecule has 0 atom stereocenters. The molecule has 8 nitrogen and oxygen atoms in total. The number of hydrogen-bond acceptors (Lipinski definition) is 6. The molecule has 9 heteroatoms. The van der Waals surface area contributed by atoms with Gasteiger partial charge in [0.25, 0.3) is 11.6 Å². The van der Waals surface area contributed by atoms with E-state index in [4.69, 9.17) is 0 Å². The van der Waals surface area contributed by atoms with E-state index in [1.807, 2.05) is 0 Å². The van der Waals surface area contributed by atoms with Crippen molar-refractivity contribution < 1.29 is 14.2 Å². The highest BCUT2D eigenvalue weighted by Crippen LogP contribution is 2.28. The van der Waals surface area contributed by atoms with Crippen molar-refractivity contribution >= 4 is 27.5 Å². The lowest BCUT2D eigenvalue weighted by molar-refractivity contribution is -0.385. The molecule has 2 aromatic rings. The summed E-state index contributed by atoms with van der Waals surface area (Å²) < 4.78 is 4.65. The number of aromatic nitrogens is 2. The third kappa shape index (κ3) is 2.94. The second-order valence-electron chi connectivity index (χ2n) is 3.43. The molecule has 1 aromatic carbocycles. The molecule has 0 spiro atoms. The Bertz CT molecular complexity index is 614. The van der Waals surface area contributed by atoms with Crippen molar-refractivity contribution in [2.75, 3.05) is 0 Å². The first-order chi connectivity index (χ1) is 9.09. The zero-order valence-corrected chi connectivity index (χ0v) is 11.0. The van der Waals surface area contributed by atoms with Gasteiger partial charge in [0, 0.05) is 6.07 Å². The highest BCUT2D eigenvalue weighted by Gasteiger charge is 2.19. The minimum Gasteiger partial charge on any atom is -0.345 e. The Kier molecular flexibility index (Phi) is 3.85. The molecule has 0 saturated carbocycles. The van der Waals surface area contributed by atoms with Crippen LogP contribution in [0.25, 0.3) is 0 Å². The molecule has 0 bridgehead atoms. The molecular weight excluding hydrogens is 320 g/mol. The van der Waals surface area contributed by atoms with Gasteiger partial charge in [0.05, 0.1) is 17.0 Å². The standard InChI is InChI=1S/C10H7BrN4O4/c11-9-6(2-1-3-7(9)15(17)18)10(16)12-4-8-13-5-19-14-8/h1-3,5H,4H2,(H,12,16). The van der Waals surface area contributed by atoms with Crippen LogP contribution in [-0.2, 0) is 6.54 Å². The SMILES string of the molecule is O=C(NCc1ncon1)c1cccc([N+](=O)[O-])c1Br. The van der Waals surface area contributed by atoms with Crippen LogP contribution in [0, 0.1) is 10.1 Å². The molecular formula is C10H7BrN4O4. The van der Waals surface area contributed by atoms with Crippen molar-refractivity contribution in [2.24, 2.45) is 0 Å². The number of carbonyl (C=O) groups excluding carboxylic acids is 1. The molecule has 0 saturated heterocycles. The molecule has 0 aliphatic heterocycles. The molecule has 1 amide bonds. The lowest BCUT2D eigenvalue weighted by atomic mass is 10.2. The van der Waals surface area contributed by atoms with Crippen molar-refractivity contribution in [3.8, 4) is 0 Å². The molecule has 0 fully saturated rings. The Morgan fingerprint density at radius 1 is 1.53 bits per heavy atom. The summed E-state index contributed by atoms with van der Waals surface area (Å²) in [5.41, 5.74) is -0.00935. The van der Waals surface area contributed by atoms with E-state index in [1.165, 1.54) is 18.2 Å². The number of amides is 1. The van der Waals surface area contributed by atoms with Gasteiger partial charge in [-0.15, -0.1) is 0 Å². The Labute approximate surface area is 115 Å². The van der Waals surface area contributed by atoms with E-state index in [9.17, 15) is 14.9 Å². The maximum Gasteiger partial charge on any atom is 0.284 e. The van der Waals surface area contributed by atoms with Gasteiger partial charge >= 0.3 is 0 Å². The fraction of sp³-hybridized carbons (Fsp3) is 0.100. The lowest BCUT2D eigenvalue weighted by Crippen LogP contribution is -2.23. The van der Waals surface area contributed by atoms with Crippen LogP contribution in [0.3, 0.4) is 0 Å². The number of nitro groups is 1. The summed E-state index contributed by atoms with van der Waals surface area (Å²) in [6, 6.07) is 4.22. The highest BCUT2D eigenvalue weighted by molar-refractivity contribution is 9.10. The monoisotopic (exact) mass is 326 g/mol. The number of carbonyl (C=O) groups is 1. The van der Waals surface area contributed by atoms with E-state index in [1.54, 1.807) is 0 Å². The minimum absolute atomic E-state index is 0.0739. The van der Waals surface area contributed by atoms with Crippen molar-refractivity contribution in [1.82, 2.24) is 15.5 Å². The van der Waals surface area contributed by atoms with Gasteiger partial charge in [-0.2, -0.15) is 4.98 Å². The number of hydrogen-bond donors (Lipinski definition) is 1. The predicted octanol–water partition coefficient (Wildman–Crippen LogP) is 1.67. The van der Waals surface area contributed by atoms with Crippen LogP contribution in [0.2, 0.25) is 0 Å². The summed E-state index contributed by atoms with van der Waals surface area (Å²) in [6.45, 7) is 0.0739. The van der Waals surface area contributed by atoms with Gasteiger partial charge in [0.15, 0.2) is 5.82 Å². The Hall–Kier alpha value is -2.29. The largest absolute Gasteiger partial charge is 0.345 e. The van der Waals surface area contributed by atoms with Gasteiger partial charge in [-0.05, 0) is 22.0 Å². The van der Waals surface area contributed by atoms with Crippen molar-refractivity contribution in [3.05, 3.63) is 50.6 Å². The summed E-state index contributed by atoms with van der Waals surface area (Å²) in [6.07, 6.45) is 1.14. The number of nitro benzene ring substituents is 1. The van der Waals surface area contributed by atoms with E-state index < -0.39 is 10.8 Å². The highest BCUT2D eigenvalue weighted by atomic mass is 79.9. The van der Waals surface area contributed by atoms with Crippen LogP contribution in [0.4, 0.5) is 5.69 Å². The van der Waals surface area contributed by atoms with E-state index in [0.29, 0.717) is 5.82 Å². The fourth-order valence-electron chi connectivity index (χ4n) is 1.36. The lowest BCUT2D eigenvalue weighted by Gasteiger charge is -2.05. The van der Waals surface area contributed by atoms with Crippen LogP contribution in [0.5, 0.6) is 0 Å². The van der Waals surface area contributed by atoms with Gasteiger partial charge in [0.2, 0.25) is 6.39 Å². The predicted molar refractivity (Wildman–Crippen MR) is 66.3 cm³/mol. The molecule has 0 unspecified atom stereocenters. The maximum atomic E-state index is 11.9. The van der Waals surface area contributed by atoms with Crippen LogP contribution in [-0.4, -0.2) is 21.0 Å². The third-order valence-corrected chi connectivity index (χ3v) is 3.07. The zero-order valence-electron chi connectivity index (χ0n) is 9.37. The van der Waals surface area contributed by atoms with Crippen LogP contribution in [0.1, 0.15) is 16.2 Å². The van der Waals surface area contributed by atoms with Gasteiger partial charge in [0.1, 0.15) is 4.47 Å². The van der Waals surface area contributed by atoms with E-state index >= 15 is 0 Å². The maximum absolute atomic E-state index is 11.9. The number of nitrogens with zero attached hydrogens (tertiary/aromatic N) is 3. The molecule has 2 rings (SSSR count). The molecule has 1 heterocycles. The Balaban J connectivity index is 2.15. The normalized spacial score (nSPS) is 10.2.